The average molecular weight is 369 g/mol. The molecule has 1 aromatic carbocycles. The van der Waals surface area contributed by atoms with Crippen LogP contribution in [0.1, 0.15) is 11.1 Å². The van der Waals surface area contributed by atoms with Gasteiger partial charge in [0.1, 0.15) is 0 Å². The lowest BCUT2D eigenvalue weighted by Gasteiger charge is -2.31. The minimum Gasteiger partial charge on any atom is -0.334 e. The Morgan fingerprint density at radius 3 is 2.48 bits per heavy atom. The number of aromatic amines is 1. The molecule has 1 saturated heterocycles. The summed E-state index contributed by atoms with van der Waals surface area (Å²) < 4.78 is 3.35. The van der Waals surface area contributed by atoms with Gasteiger partial charge in [-0.15, -0.1) is 0 Å². The van der Waals surface area contributed by atoms with Gasteiger partial charge in [0.15, 0.2) is 11.2 Å². The van der Waals surface area contributed by atoms with Crippen molar-refractivity contribution in [1.82, 2.24) is 19.1 Å². The number of quaternary nitrogens is 1. The highest BCUT2D eigenvalue weighted by Crippen LogP contribution is 2.21. The number of H-pyrrole nitrogens is 1. The minimum absolute atomic E-state index is 0.390. The van der Waals surface area contributed by atoms with Crippen LogP contribution < -0.4 is 21.0 Å². The van der Waals surface area contributed by atoms with E-state index in [1.54, 1.807) is 7.05 Å². The molecule has 0 aliphatic carbocycles. The van der Waals surface area contributed by atoms with Gasteiger partial charge in [-0.3, -0.25) is 18.9 Å². The predicted molar refractivity (Wildman–Crippen MR) is 105 cm³/mol. The van der Waals surface area contributed by atoms with Crippen molar-refractivity contribution in [2.24, 2.45) is 7.05 Å². The third-order valence-corrected chi connectivity index (χ3v) is 5.35. The molecule has 2 aromatic heterocycles. The van der Waals surface area contributed by atoms with Gasteiger partial charge in [-0.25, -0.2) is 4.79 Å². The number of likely N-dealkylation sites (N-methyl/N-ethyl adjacent to an activating group) is 1. The van der Waals surface area contributed by atoms with Crippen molar-refractivity contribution < 1.29 is 4.90 Å². The van der Waals surface area contributed by atoms with E-state index >= 15 is 0 Å². The number of fused-ring (bicyclic) bond motifs is 1. The Bertz CT molecular complexity index is 1080. The Morgan fingerprint density at radius 1 is 1.15 bits per heavy atom. The van der Waals surface area contributed by atoms with Gasteiger partial charge in [0, 0.05) is 7.05 Å². The molecule has 3 heterocycles. The molecule has 0 amide bonds. The van der Waals surface area contributed by atoms with E-state index in [-0.39, 0.29) is 0 Å². The monoisotopic (exact) mass is 369 g/mol. The van der Waals surface area contributed by atoms with Crippen LogP contribution in [0.25, 0.3) is 11.2 Å². The standard InChI is InChI=1S/C19H24N6O2/c1-13-4-6-14(7-5-13)12-25-15-16(23(3)19(27)21-17(15)26)20-18(25)24-10-8-22(2)9-11-24/h4-7H,8-12H2,1-3H3,(H,21,26,27)/p+1. The molecule has 8 nitrogen and oxygen atoms in total. The molecule has 3 aromatic rings. The minimum atomic E-state index is -0.443. The van der Waals surface area contributed by atoms with Crippen LogP contribution in [-0.4, -0.2) is 52.3 Å². The number of nitrogens with one attached hydrogen (secondary N) is 2. The molecular formula is C19H25N6O2+. The fourth-order valence-corrected chi connectivity index (χ4v) is 3.58. The SMILES string of the molecule is Cc1ccc(Cn2c(N3CC[NH+](C)CC3)nc3c2c(=O)[nH]c(=O)n3C)cc1. The Kier molecular flexibility index (Phi) is 4.35. The summed E-state index contributed by atoms with van der Waals surface area (Å²) >= 11 is 0. The molecule has 0 bridgehead atoms. The topological polar surface area (TPSA) is 80.4 Å². The molecule has 0 spiro atoms. The molecule has 27 heavy (non-hydrogen) atoms. The summed E-state index contributed by atoms with van der Waals surface area (Å²) in [6, 6.07) is 8.26. The normalized spacial score (nSPS) is 15.6. The second kappa shape index (κ2) is 6.70. The van der Waals surface area contributed by atoms with Crippen molar-refractivity contribution in [3.05, 3.63) is 56.2 Å². The van der Waals surface area contributed by atoms with Gasteiger partial charge in [-0.2, -0.15) is 4.98 Å². The maximum absolute atomic E-state index is 12.6. The van der Waals surface area contributed by atoms with Gasteiger partial charge < -0.3 is 9.80 Å². The van der Waals surface area contributed by atoms with Crippen molar-refractivity contribution in [2.45, 2.75) is 13.5 Å². The van der Waals surface area contributed by atoms with Gasteiger partial charge in [-0.05, 0) is 12.5 Å². The maximum atomic E-state index is 12.6. The lowest BCUT2D eigenvalue weighted by molar-refractivity contribution is -0.880. The summed E-state index contributed by atoms with van der Waals surface area (Å²) in [5.74, 6) is 0.754. The van der Waals surface area contributed by atoms with Crippen molar-refractivity contribution in [1.29, 1.82) is 0 Å². The lowest BCUT2D eigenvalue weighted by atomic mass is 10.1. The van der Waals surface area contributed by atoms with E-state index in [4.69, 9.17) is 4.98 Å². The first-order chi connectivity index (χ1) is 12.9. The Balaban J connectivity index is 1.88. The molecule has 1 fully saturated rings. The van der Waals surface area contributed by atoms with Crippen LogP contribution >= 0.6 is 0 Å². The maximum Gasteiger partial charge on any atom is 0.329 e. The Morgan fingerprint density at radius 2 is 1.81 bits per heavy atom. The number of nitrogens with zero attached hydrogens (tertiary/aromatic N) is 4. The fraction of sp³-hybridized carbons (Fsp3) is 0.421. The highest BCUT2D eigenvalue weighted by Gasteiger charge is 2.25. The second-order valence-corrected chi connectivity index (χ2v) is 7.42. The number of hydrogen-bond acceptors (Lipinski definition) is 4. The number of benzene rings is 1. The molecule has 0 radical (unpaired) electrons. The predicted octanol–water partition coefficient (Wildman–Crippen LogP) is -0.885. The molecule has 142 valence electrons. The summed E-state index contributed by atoms with van der Waals surface area (Å²) in [5, 5.41) is 0. The van der Waals surface area contributed by atoms with E-state index in [1.807, 2.05) is 4.57 Å². The summed E-state index contributed by atoms with van der Waals surface area (Å²) in [5.41, 5.74) is 2.32. The van der Waals surface area contributed by atoms with Gasteiger partial charge in [0.2, 0.25) is 5.95 Å². The summed E-state index contributed by atoms with van der Waals surface area (Å²) in [7, 11) is 3.82. The van der Waals surface area contributed by atoms with E-state index < -0.39 is 11.2 Å². The molecule has 2 N–H and O–H groups in total. The lowest BCUT2D eigenvalue weighted by Crippen LogP contribution is -3.12. The largest absolute Gasteiger partial charge is 0.334 e. The number of anilines is 1. The first-order valence-electron chi connectivity index (χ1n) is 9.25. The summed E-state index contributed by atoms with van der Waals surface area (Å²) in [6.07, 6.45) is 0. The summed E-state index contributed by atoms with van der Waals surface area (Å²) in [4.78, 5) is 35.5. The first-order valence-corrected chi connectivity index (χ1v) is 9.25. The highest BCUT2D eigenvalue weighted by atomic mass is 16.2. The van der Waals surface area contributed by atoms with Crippen LogP contribution in [-0.2, 0) is 13.6 Å². The second-order valence-electron chi connectivity index (χ2n) is 7.42. The number of imidazole rings is 1. The molecule has 0 saturated carbocycles. The van der Waals surface area contributed by atoms with Crippen molar-refractivity contribution in [3.63, 3.8) is 0 Å². The third-order valence-electron chi connectivity index (χ3n) is 5.35. The zero-order chi connectivity index (χ0) is 19.1. The van der Waals surface area contributed by atoms with Crippen molar-refractivity contribution in [2.75, 3.05) is 38.1 Å². The number of rotatable bonds is 3. The van der Waals surface area contributed by atoms with E-state index in [1.165, 1.54) is 15.0 Å². The van der Waals surface area contributed by atoms with E-state index in [0.29, 0.717) is 17.7 Å². The third kappa shape index (κ3) is 3.16. The number of hydrogen-bond donors (Lipinski definition) is 2. The van der Waals surface area contributed by atoms with Crippen LogP contribution in [0.5, 0.6) is 0 Å². The van der Waals surface area contributed by atoms with E-state index in [9.17, 15) is 9.59 Å². The zero-order valence-corrected chi connectivity index (χ0v) is 16.0. The molecule has 4 rings (SSSR count). The van der Waals surface area contributed by atoms with Gasteiger partial charge in [-0.1, -0.05) is 29.8 Å². The zero-order valence-electron chi connectivity index (χ0n) is 16.0. The van der Waals surface area contributed by atoms with Crippen molar-refractivity contribution >= 4 is 17.1 Å². The number of piperazine rings is 1. The number of aromatic nitrogens is 4. The van der Waals surface area contributed by atoms with Gasteiger partial charge in [0.05, 0.1) is 39.8 Å². The van der Waals surface area contributed by atoms with Crippen LogP contribution in [0.15, 0.2) is 33.9 Å². The van der Waals surface area contributed by atoms with Gasteiger partial charge >= 0.3 is 5.69 Å². The van der Waals surface area contributed by atoms with Crippen LogP contribution in [0.3, 0.4) is 0 Å². The number of aryl methyl sites for hydroxylation is 2. The molecule has 8 heteroatoms. The fourth-order valence-electron chi connectivity index (χ4n) is 3.58. The summed E-state index contributed by atoms with van der Waals surface area (Å²) in [6.45, 7) is 6.36. The first kappa shape index (κ1) is 17.5. The van der Waals surface area contributed by atoms with E-state index in [2.05, 4.69) is 48.1 Å². The molecule has 0 unspecified atom stereocenters. The smallest absolute Gasteiger partial charge is 0.329 e. The molecule has 1 aliphatic rings. The Hall–Kier alpha value is -2.87. The van der Waals surface area contributed by atoms with Crippen LogP contribution in [0.2, 0.25) is 0 Å². The van der Waals surface area contributed by atoms with Crippen LogP contribution in [0.4, 0.5) is 5.95 Å². The van der Waals surface area contributed by atoms with Crippen molar-refractivity contribution in [3.8, 4) is 0 Å². The molecule has 1 aliphatic heterocycles. The molecule has 0 atom stereocenters. The van der Waals surface area contributed by atoms with Crippen LogP contribution in [0, 0.1) is 6.92 Å². The average Bonchev–Trinajstić information content (AvgIpc) is 3.02. The highest BCUT2D eigenvalue weighted by molar-refractivity contribution is 5.74. The Labute approximate surface area is 156 Å². The molecular weight excluding hydrogens is 344 g/mol. The van der Waals surface area contributed by atoms with Gasteiger partial charge in [0.25, 0.3) is 5.56 Å². The van der Waals surface area contributed by atoms with E-state index in [0.717, 1.165) is 37.7 Å². The quantitative estimate of drug-likeness (QED) is 0.628.